The SMILES string of the molecule is CCC(=O)Nc1ccc(C(=O)NN=Cc2cccc(OC)c2O)cc1. The van der Waals surface area contributed by atoms with Crippen molar-refractivity contribution in [2.75, 3.05) is 12.4 Å². The molecule has 0 unspecified atom stereocenters. The van der Waals surface area contributed by atoms with Crippen LogP contribution in [0.1, 0.15) is 29.3 Å². The minimum absolute atomic E-state index is 0.0565. The summed E-state index contributed by atoms with van der Waals surface area (Å²) < 4.78 is 5.00. The van der Waals surface area contributed by atoms with E-state index in [1.54, 1.807) is 49.4 Å². The van der Waals surface area contributed by atoms with Gasteiger partial charge in [0.25, 0.3) is 5.91 Å². The molecule has 0 saturated heterocycles. The maximum atomic E-state index is 12.0. The first kappa shape index (κ1) is 18.0. The summed E-state index contributed by atoms with van der Waals surface area (Å²) >= 11 is 0. The molecular weight excluding hydrogens is 322 g/mol. The molecule has 0 saturated carbocycles. The minimum Gasteiger partial charge on any atom is -0.504 e. The second kappa shape index (κ2) is 8.49. The van der Waals surface area contributed by atoms with Crippen molar-refractivity contribution in [1.82, 2.24) is 5.43 Å². The van der Waals surface area contributed by atoms with Gasteiger partial charge in [-0.1, -0.05) is 13.0 Å². The number of methoxy groups -OCH3 is 1. The molecule has 0 spiro atoms. The summed E-state index contributed by atoms with van der Waals surface area (Å²) in [7, 11) is 1.45. The van der Waals surface area contributed by atoms with E-state index in [0.717, 1.165) is 0 Å². The van der Waals surface area contributed by atoms with Gasteiger partial charge in [0.1, 0.15) is 0 Å². The second-order valence-electron chi connectivity index (χ2n) is 5.08. The average Bonchev–Trinajstić information content (AvgIpc) is 2.63. The molecule has 2 rings (SSSR count). The predicted molar refractivity (Wildman–Crippen MR) is 95.1 cm³/mol. The van der Waals surface area contributed by atoms with Crippen LogP contribution in [0.2, 0.25) is 0 Å². The molecule has 0 aliphatic carbocycles. The predicted octanol–water partition coefficient (Wildman–Crippen LogP) is 2.51. The van der Waals surface area contributed by atoms with Gasteiger partial charge in [-0.25, -0.2) is 5.43 Å². The average molecular weight is 341 g/mol. The number of benzene rings is 2. The topological polar surface area (TPSA) is 100 Å². The van der Waals surface area contributed by atoms with E-state index >= 15 is 0 Å². The van der Waals surface area contributed by atoms with Gasteiger partial charge in [0, 0.05) is 23.2 Å². The summed E-state index contributed by atoms with van der Waals surface area (Å²) in [5, 5.41) is 16.5. The number of nitrogens with zero attached hydrogens (tertiary/aromatic N) is 1. The lowest BCUT2D eigenvalue weighted by atomic mass is 10.2. The number of phenolic OH excluding ortho intramolecular Hbond substituents is 1. The summed E-state index contributed by atoms with van der Waals surface area (Å²) in [6, 6.07) is 11.4. The summed E-state index contributed by atoms with van der Waals surface area (Å²) in [5.41, 5.74) is 3.80. The van der Waals surface area contributed by atoms with Crippen LogP contribution in [0, 0.1) is 0 Å². The number of hydrogen-bond donors (Lipinski definition) is 3. The molecule has 25 heavy (non-hydrogen) atoms. The zero-order chi connectivity index (χ0) is 18.2. The van der Waals surface area contributed by atoms with Crippen LogP contribution in [0.5, 0.6) is 11.5 Å². The Labute approximate surface area is 145 Å². The number of carbonyl (C=O) groups is 2. The molecule has 2 aromatic carbocycles. The van der Waals surface area contributed by atoms with E-state index < -0.39 is 5.91 Å². The van der Waals surface area contributed by atoms with E-state index in [2.05, 4.69) is 15.8 Å². The number of aromatic hydroxyl groups is 1. The lowest BCUT2D eigenvalue weighted by Gasteiger charge is -2.06. The third-order valence-electron chi connectivity index (χ3n) is 3.37. The standard InChI is InChI=1S/C18H19N3O4/c1-3-16(22)20-14-9-7-12(8-10-14)18(24)21-19-11-13-5-4-6-15(25-2)17(13)23/h4-11,23H,3H2,1-2H3,(H,20,22)(H,21,24). The van der Waals surface area contributed by atoms with E-state index in [1.807, 2.05) is 0 Å². The Kier molecular flexibility index (Phi) is 6.11. The Balaban J connectivity index is 1.99. The largest absolute Gasteiger partial charge is 0.504 e. The van der Waals surface area contributed by atoms with E-state index in [9.17, 15) is 14.7 Å². The first-order valence-corrected chi connectivity index (χ1v) is 7.64. The number of nitrogens with one attached hydrogen (secondary N) is 2. The number of anilines is 1. The van der Waals surface area contributed by atoms with E-state index in [0.29, 0.717) is 29.0 Å². The lowest BCUT2D eigenvalue weighted by Crippen LogP contribution is -2.17. The first-order valence-electron chi connectivity index (χ1n) is 7.64. The van der Waals surface area contributed by atoms with Gasteiger partial charge < -0.3 is 15.2 Å². The molecule has 0 heterocycles. The summed E-state index contributed by atoms with van der Waals surface area (Å²) in [5.74, 6) is -0.245. The number of carbonyl (C=O) groups excluding carboxylic acids is 2. The van der Waals surface area contributed by atoms with Gasteiger partial charge in [-0.05, 0) is 36.4 Å². The van der Waals surface area contributed by atoms with Gasteiger partial charge in [-0.3, -0.25) is 9.59 Å². The van der Waals surface area contributed by atoms with Crippen LogP contribution in [0.15, 0.2) is 47.6 Å². The molecule has 3 N–H and O–H groups in total. The highest BCUT2D eigenvalue weighted by Crippen LogP contribution is 2.27. The van der Waals surface area contributed by atoms with Crippen molar-refractivity contribution in [3.8, 4) is 11.5 Å². The molecule has 130 valence electrons. The van der Waals surface area contributed by atoms with Crippen LogP contribution in [0.25, 0.3) is 0 Å². The molecule has 0 aliphatic rings. The fourth-order valence-corrected chi connectivity index (χ4v) is 1.99. The van der Waals surface area contributed by atoms with Gasteiger partial charge in [-0.2, -0.15) is 5.10 Å². The number of ether oxygens (including phenoxy) is 1. The van der Waals surface area contributed by atoms with Gasteiger partial charge in [0.05, 0.1) is 13.3 Å². The van der Waals surface area contributed by atoms with E-state index in [4.69, 9.17) is 4.74 Å². The second-order valence-corrected chi connectivity index (χ2v) is 5.08. The molecule has 0 radical (unpaired) electrons. The van der Waals surface area contributed by atoms with E-state index in [1.165, 1.54) is 13.3 Å². The highest BCUT2D eigenvalue weighted by atomic mass is 16.5. The fourth-order valence-electron chi connectivity index (χ4n) is 1.99. The smallest absolute Gasteiger partial charge is 0.271 e. The molecule has 0 atom stereocenters. The van der Waals surface area contributed by atoms with Gasteiger partial charge in [0.2, 0.25) is 5.91 Å². The number of amides is 2. The van der Waals surface area contributed by atoms with Crippen LogP contribution >= 0.6 is 0 Å². The number of para-hydroxylation sites is 1. The highest BCUT2D eigenvalue weighted by molar-refractivity contribution is 5.96. The Morgan fingerprint density at radius 2 is 1.92 bits per heavy atom. The summed E-state index contributed by atoms with van der Waals surface area (Å²) in [4.78, 5) is 23.3. The monoisotopic (exact) mass is 341 g/mol. The summed E-state index contributed by atoms with van der Waals surface area (Å²) in [6.07, 6.45) is 1.71. The zero-order valence-electron chi connectivity index (χ0n) is 13.9. The van der Waals surface area contributed by atoms with Crippen LogP contribution in [0.4, 0.5) is 5.69 Å². The number of phenols is 1. The molecule has 2 aromatic rings. The lowest BCUT2D eigenvalue weighted by molar-refractivity contribution is -0.115. The summed E-state index contributed by atoms with van der Waals surface area (Å²) in [6.45, 7) is 1.76. The normalized spacial score (nSPS) is 10.5. The van der Waals surface area contributed by atoms with Gasteiger partial charge in [0.15, 0.2) is 11.5 Å². The van der Waals surface area contributed by atoms with Crippen molar-refractivity contribution in [2.45, 2.75) is 13.3 Å². The third-order valence-corrected chi connectivity index (χ3v) is 3.37. The Hall–Kier alpha value is -3.35. The molecule has 0 aromatic heterocycles. The van der Waals surface area contributed by atoms with Crippen molar-refractivity contribution in [2.24, 2.45) is 5.10 Å². The van der Waals surface area contributed by atoms with Crippen molar-refractivity contribution in [1.29, 1.82) is 0 Å². The van der Waals surface area contributed by atoms with Crippen LogP contribution in [0.3, 0.4) is 0 Å². The molecule has 0 bridgehead atoms. The maximum Gasteiger partial charge on any atom is 0.271 e. The quantitative estimate of drug-likeness (QED) is 0.555. The molecular formula is C18H19N3O4. The number of hydrazone groups is 1. The van der Waals surface area contributed by atoms with Crippen molar-refractivity contribution >= 4 is 23.7 Å². The molecule has 7 heteroatoms. The highest BCUT2D eigenvalue weighted by Gasteiger charge is 2.07. The van der Waals surface area contributed by atoms with Crippen molar-refractivity contribution in [3.05, 3.63) is 53.6 Å². The minimum atomic E-state index is -0.410. The van der Waals surface area contributed by atoms with Crippen LogP contribution in [-0.2, 0) is 4.79 Å². The van der Waals surface area contributed by atoms with E-state index in [-0.39, 0.29) is 11.7 Å². The Morgan fingerprint density at radius 1 is 1.20 bits per heavy atom. The first-order chi connectivity index (χ1) is 12.0. The Morgan fingerprint density at radius 3 is 2.56 bits per heavy atom. The Bertz CT molecular complexity index is 785. The van der Waals surface area contributed by atoms with Crippen molar-refractivity contribution in [3.63, 3.8) is 0 Å². The van der Waals surface area contributed by atoms with Gasteiger partial charge >= 0.3 is 0 Å². The van der Waals surface area contributed by atoms with Crippen molar-refractivity contribution < 1.29 is 19.4 Å². The molecule has 0 fully saturated rings. The molecule has 7 nitrogen and oxygen atoms in total. The fraction of sp³-hybridized carbons (Fsp3) is 0.167. The van der Waals surface area contributed by atoms with Crippen LogP contribution < -0.4 is 15.5 Å². The number of hydrogen-bond acceptors (Lipinski definition) is 5. The van der Waals surface area contributed by atoms with Gasteiger partial charge in [-0.15, -0.1) is 0 Å². The molecule has 2 amide bonds. The maximum absolute atomic E-state index is 12.0. The van der Waals surface area contributed by atoms with Crippen LogP contribution in [-0.4, -0.2) is 30.2 Å². The third kappa shape index (κ3) is 4.81. The molecule has 0 aliphatic heterocycles. The zero-order valence-corrected chi connectivity index (χ0v) is 13.9. The number of rotatable bonds is 6.